The van der Waals surface area contributed by atoms with Gasteiger partial charge in [-0.25, -0.2) is 0 Å². The molecule has 0 saturated carbocycles. The highest BCUT2D eigenvalue weighted by Gasteiger charge is 2.30. The van der Waals surface area contributed by atoms with Crippen LogP contribution in [0.15, 0.2) is 60.4 Å². The summed E-state index contributed by atoms with van der Waals surface area (Å²) < 4.78 is 22.1. The summed E-state index contributed by atoms with van der Waals surface area (Å²) >= 11 is 0. The molecular weight excluding hydrogens is 232 g/mol. The molecule has 0 aliphatic carbocycles. The van der Waals surface area contributed by atoms with Crippen LogP contribution in [0.2, 0.25) is 0 Å². The van der Waals surface area contributed by atoms with Gasteiger partial charge in [0.25, 0.3) is 0 Å². The second-order valence-electron chi connectivity index (χ2n) is 3.88. The molecule has 0 N–H and O–H groups in total. The fourth-order valence-corrected chi connectivity index (χ4v) is 1.85. The van der Waals surface area contributed by atoms with Gasteiger partial charge in [0.15, 0.2) is 23.0 Å². The van der Waals surface area contributed by atoms with Gasteiger partial charge in [-0.05, 0) is 24.3 Å². The molecule has 0 atom stereocenters. The van der Waals surface area contributed by atoms with Crippen LogP contribution in [0.1, 0.15) is 0 Å². The van der Waals surface area contributed by atoms with Gasteiger partial charge >= 0.3 is 11.9 Å². The lowest BCUT2D eigenvalue weighted by atomic mass is 10.3. The summed E-state index contributed by atoms with van der Waals surface area (Å²) in [5.74, 6) is 3.08. The Morgan fingerprint density at radius 1 is 0.444 bits per heavy atom. The van der Waals surface area contributed by atoms with Crippen molar-refractivity contribution in [1.82, 2.24) is 0 Å². The summed E-state index contributed by atoms with van der Waals surface area (Å²) in [7, 11) is 0. The molecule has 2 aliphatic heterocycles. The molecule has 0 aromatic heterocycles. The van der Waals surface area contributed by atoms with Gasteiger partial charge in [0.05, 0.1) is 0 Å². The quantitative estimate of drug-likeness (QED) is 0.709. The number of hydrogen-bond acceptors (Lipinski definition) is 4. The Bertz CT molecular complexity index is 549. The first-order valence-electron chi connectivity index (χ1n) is 5.54. The average molecular weight is 240 g/mol. The third-order valence-corrected chi connectivity index (χ3v) is 2.68. The van der Waals surface area contributed by atoms with Crippen LogP contribution in [0.4, 0.5) is 0 Å². The van der Waals surface area contributed by atoms with Crippen molar-refractivity contribution >= 4 is 0 Å². The summed E-state index contributed by atoms with van der Waals surface area (Å²) in [5, 5.41) is 0. The fourth-order valence-electron chi connectivity index (χ4n) is 1.85. The van der Waals surface area contributed by atoms with E-state index < -0.39 is 0 Å². The smallest absolute Gasteiger partial charge is 0.376 e. The van der Waals surface area contributed by atoms with E-state index in [4.69, 9.17) is 18.9 Å². The maximum absolute atomic E-state index is 5.53. The summed E-state index contributed by atoms with van der Waals surface area (Å²) in [5.41, 5.74) is 0. The fraction of sp³-hybridized carbons (Fsp3) is 0. The van der Waals surface area contributed by atoms with Crippen molar-refractivity contribution in [3.05, 3.63) is 60.4 Å². The zero-order valence-corrected chi connectivity index (χ0v) is 9.25. The Hall–Kier alpha value is -2.62. The van der Waals surface area contributed by atoms with Gasteiger partial charge in [-0.3, -0.25) is 0 Å². The summed E-state index contributed by atoms with van der Waals surface area (Å²) in [6, 6.07) is 14.8. The zero-order chi connectivity index (χ0) is 11.9. The molecule has 4 nitrogen and oxygen atoms in total. The van der Waals surface area contributed by atoms with E-state index in [-0.39, 0.29) is 11.9 Å². The number of ether oxygens (including phenoxy) is 4. The minimum Gasteiger partial charge on any atom is -0.417 e. The van der Waals surface area contributed by atoms with Crippen molar-refractivity contribution in [2.45, 2.75) is 0 Å². The van der Waals surface area contributed by atoms with Crippen LogP contribution in [-0.4, -0.2) is 0 Å². The first kappa shape index (κ1) is 9.41. The highest BCUT2D eigenvalue weighted by molar-refractivity contribution is 5.47. The van der Waals surface area contributed by atoms with Crippen molar-refractivity contribution in [3.8, 4) is 23.0 Å². The van der Waals surface area contributed by atoms with Crippen molar-refractivity contribution in [1.29, 1.82) is 0 Å². The van der Waals surface area contributed by atoms with E-state index in [1.54, 1.807) is 0 Å². The summed E-state index contributed by atoms with van der Waals surface area (Å²) in [6.45, 7) is 0. The molecule has 2 aromatic carbocycles. The normalized spacial score (nSPS) is 15.1. The molecule has 0 fully saturated rings. The molecule has 0 spiro atoms. The molecule has 18 heavy (non-hydrogen) atoms. The van der Waals surface area contributed by atoms with Gasteiger partial charge in [-0.15, -0.1) is 0 Å². The van der Waals surface area contributed by atoms with Gasteiger partial charge in [-0.1, -0.05) is 24.3 Å². The van der Waals surface area contributed by atoms with Crippen LogP contribution >= 0.6 is 0 Å². The number of benzene rings is 2. The summed E-state index contributed by atoms with van der Waals surface area (Å²) in [4.78, 5) is 0. The van der Waals surface area contributed by atoms with Gasteiger partial charge in [-0.2, -0.15) is 0 Å². The number of rotatable bonds is 0. The third kappa shape index (κ3) is 1.32. The Labute approximate surface area is 103 Å². The predicted molar refractivity (Wildman–Crippen MR) is 62.4 cm³/mol. The third-order valence-electron chi connectivity index (χ3n) is 2.68. The predicted octanol–water partition coefficient (Wildman–Crippen LogP) is 3.06. The Kier molecular flexibility index (Phi) is 1.80. The molecule has 4 heteroatoms. The monoisotopic (exact) mass is 240 g/mol. The molecule has 2 aliphatic rings. The largest absolute Gasteiger partial charge is 0.417 e. The van der Waals surface area contributed by atoms with Crippen LogP contribution < -0.4 is 18.9 Å². The molecule has 4 rings (SSSR count). The molecule has 2 aromatic rings. The topological polar surface area (TPSA) is 36.9 Å². The average Bonchev–Trinajstić information content (AvgIpc) is 3.02. The molecule has 0 radical (unpaired) electrons. The lowest BCUT2D eigenvalue weighted by molar-refractivity contribution is 0.185. The van der Waals surface area contributed by atoms with Crippen LogP contribution in [0.3, 0.4) is 0 Å². The van der Waals surface area contributed by atoms with E-state index in [0.717, 1.165) is 0 Å². The van der Waals surface area contributed by atoms with Crippen LogP contribution in [0, 0.1) is 0 Å². The Morgan fingerprint density at radius 2 is 0.722 bits per heavy atom. The second-order valence-corrected chi connectivity index (χ2v) is 3.88. The molecule has 0 saturated heterocycles. The van der Waals surface area contributed by atoms with Crippen molar-refractivity contribution in [3.63, 3.8) is 0 Å². The van der Waals surface area contributed by atoms with Crippen LogP contribution in [0.25, 0.3) is 0 Å². The highest BCUT2D eigenvalue weighted by atomic mass is 16.8. The van der Waals surface area contributed by atoms with Crippen LogP contribution in [-0.2, 0) is 0 Å². The minimum absolute atomic E-state index is 0.229. The highest BCUT2D eigenvalue weighted by Crippen LogP contribution is 2.41. The maximum atomic E-state index is 5.53. The number of para-hydroxylation sites is 4. The number of fused-ring (bicyclic) bond motifs is 2. The molecule has 0 amide bonds. The minimum atomic E-state index is 0.229. The van der Waals surface area contributed by atoms with E-state index in [9.17, 15) is 0 Å². The van der Waals surface area contributed by atoms with E-state index >= 15 is 0 Å². The van der Waals surface area contributed by atoms with Gasteiger partial charge in [0, 0.05) is 0 Å². The van der Waals surface area contributed by atoms with E-state index in [1.807, 2.05) is 48.5 Å². The zero-order valence-electron chi connectivity index (χ0n) is 9.25. The van der Waals surface area contributed by atoms with Gasteiger partial charge < -0.3 is 18.9 Å². The SMILES string of the molecule is c1ccc2c(c1)OC(=C1Oc3ccccc3O1)O2. The first-order chi connectivity index (χ1) is 8.90. The molecule has 88 valence electrons. The van der Waals surface area contributed by atoms with Gasteiger partial charge in [0.2, 0.25) is 0 Å². The Morgan fingerprint density at radius 3 is 1.00 bits per heavy atom. The van der Waals surface area contributed by atoms with Crippen molar-refractivity contribution < 1.29 is 18.9 Å². The molecule has 0 bridgehead atoms. The first-order valence-corrected chi connectivity index (χ1v) is 5.54. The van der Waals surface area contributed by atoms with Gasteiger partial charge in [0.1, 0.15) is 0 Å². The summed E-state index contributed by atoms with van der Waals surface area (Å²) in [6.07, 6.45) is 0. The van der Waals surface area contributed by atoms with E-state index in [1.165, 1.54) is 0 Å². The lowest BCUT2D eigenvalue weighted by Crippen LogP contribution is -2.06. The molecule has 0 unspecified atom stereocenters. The lowest BCUT2D eigenvalue weighted by Gasteiger charge is -2.00. The van der Waals surface area contributed by atoms with E-state index in [0.29, 0.717) is 23.0 Å². The van der Waals surface area contributed by atoms with E-state index in [2.05, 4.69) is 0 Å². The molecular formula is C14H8O4. The van der Waals surface area contributed by atoms with Crippen molar-refractivity contribution in [2.24, 2.45) is 0 Å². The second kappa shape index (κ2) is 3.43. The standard InChI is InChI=1S/C14H8O4/c1-2-6-10-9(5-1)15-13(16-10)14-17-11-7-3-4-8-12(11)18-14/h1-8H. The maximum Gasteiger partial charge on any atom is 0.376 e. The van der Waals surface area contributed by atoms with Crippen molar-refractivity contribution in [2.75, 3.05) is 0 Å². The van der Waals surface area contributed by atoms with Crippen LogP contribution in [0.5, 0.6) is 23.0 Å². The Balaban J connectivity index is 1.70. The molecule has 2 heterocycles. The number of hydrogen-bond donors (Lipinski definition) is 0.